The van der Waals surface area contributed by atoms with Crippen molar-refractivity contribution in [1.82, 2.24) is 10.6 Å². The summed E-state index contributed by atoms with van der Waals surface area (Å²) in [7, 11) is 0. The van der Waals surface area contributed by atoms with Crippen LogP contribution < -0.4 is 10.6 Å². The number of benzene rings is 1. The lowest BCUT2D eigenvalue weighted by molar-refractivity contribution is -0.124. The number of hydrogen-bond acceptors (Lipinski definition) is 4. The van der Waals surface area contributed by atoms with Crippen molar-refractivity contribution in [2.45, 2.75) is 26.4 Å². The number of carbonyl (C=O) groups is 3. The molecule has 1 unspecified atom stereocenters. The lowest BCUT2D eigenvalue weighted by Gasteiger charge is -2.21. The summed E-state index contributed by atoms with van der Waals surface area (Å²) < 4.78 is 5.02. The van der Waals surface area contributed by atoms with Crippen LogP contribution in [0.25, 0.3) is 0 Å². The van der Waals surface area contributed by atoms with Crippen molar-refractivity contribution in [2.75, 3.05) is 0 Å². The smallest absolute Gasteiger partial charge is 0.335 e. The Kier molecular flexibility index (Phi) is 5.94. The highest BCUT2D eigenvalue weighted by atomic mass is 16.4. The zero-order valence-electron chi connectivity index (χ0n) is 14.0. The molecule has 2 aromatic rings. The average molecular weight is 344 g/mol. The number of amides is 2. The molecular weight excluding hydrogens is 324 g/mol. The van der Waals surface area contributed by atoms with Crippen molar-refractivity contribution in [2.24, 2.45) is 5.92 Å². The lowest BCUT2D eigenvalue weighted by Crippen LogP contribution is -2.49. The molecule has 1 aromatic carbocycles. The molecule has 2 rings (SSSR count). The first-order valence-corrected chi connectivity index (χ1v) is 7.83. The van der Waals surface area contributed by atoms with E-state index in [1.54, 1.807) is 18.2 Å². The number of carboxylic acids is 1. The molecule has 7 nitrogen and oxygen atoms in total. The summed E-state index contributed by atoms with van der Waals surface area (Å²) in [4.78, 5) is 35.5. The largest absolute Gasteiger partial charge is 0.478 e. The van der Waals surface area contributed by atoms with E-state index in [0.717, 1.165) is 0 Å². The first-order valence-electron chi connectivity index (χ1n) is 7.83. The number of aromatic carboxylic acids is 1. The zero-order valence-corrected chi connectivity index (χ0v) is 14.0. The van der Waals surface area contributed by atoms with E-state index >= 15 is 0 Å². The second kappa shape index (κ2) is 8.14. The van der Waals surface area contributed by atoms with Gasteiger partial charge in [0.2, 0.25) is 5.91 Å². The summed E-state index contributed by atoms with van der Waals surface area (Å²) in [6.45, 7) is 3.80. The number of carbonyl (C=O) groups excluding carboxylic acids is 2. The van der Waals surface area contributed by atoms with Crippen molar-refractivity contribution in [1.29, 1.82) is 0 Å². The van der Waals surface area contributed by atoms with E-state index < -0.39 is 17.9 Å². The molecule has 0 aliphatic carbocycles. The van der Waals surface area contributed by atoms with Crippen LogP contribution in [0, 0.1) is 5.92 Å². The van der Waals surface area contributed by atoms with Crippen LogP contribution in [0.4, 0.5) is 0 Å². The summed E-state index contributed by atoms with van der Waals surface area (Å²) in [6.07, 6.45) is 1.38. The van der Waals surface area contributed by atoms with Crippen molar-refractivity contribution in [3.63, 3.8) is 0 Å². The minimum Gasteiger partial charge on any atom is -0.478 e. The minimum atomic E-state index is -1.03. The molecule has 0 saturated heterocycles. The Labute approximate surface area is 145 Å². The van der Waals surface area contributed by atoms with Crippen LogP contribution in [0.5, 0.6) is 0 Å². The van der Waals surface area contributed by atoms with Crippen molar-refractivity contribution in [3.8, 4) is 0 Å². The Balaban J connectivity index is 1.99. The van der Waals surface area contributed by atoms with E-state index in [4.69, 9.17) is 9.52 Å². The van der Waals surface area contributed by atoms with Gasteiger partial charge in [0.25, 0.3) is 5.91 Å². The van der Waals surface area contributed by atoms with Gasteiger partial charge in [-0.15, -0.1) is 0 Å². The molecule has 132 valence electrons. The summed E-state index contributed by atoms with van der Waals surface area (Å²) in [5, 5.41) is 14.4. The maximum atomic E-state index is 12.4. The highest BCUT2D eigenvalue weighted by molar-refractivity contribution is 5.95. The van der Waals surface area contributed by atoms with Crippen LogP contribution in [0.1, 0.15) is 40.3 Å². The molecule has 25 heavy (non-hydrogen) atoms. The Morgan fingerprint density at radius 1 is 1.16 bits per heavy atom. The Morgan fingerprint density at radius 3 is 2.52 bits per heavy atom. The van der Waals surface area contributed by atoms with Gasteiger partial charge in [0.15, 0.2) is 5.76 Å². The number of carboxylic acid groups (broad SMARTS) is 1. The summed E-state index contributed by atoms with van der Waals surface area (Å²) in [5.41, 5.74) is 0.811. The Bertz CT molecular complexity index is 753. The molecule has 1 aromatic heterocycles. The summed E-state index contributed by atoms with van der Waals surface area (Å²) in [6, 6.07) is 8.68. The second-order valence-corrected chi connectivity index (χ2v) is 5.90. The number of hydrogen-bond donors (Lipinski definition) is 3. The van der Waals surface area contributed by atoms with Gasteiger partial charge in [-0.3, -0.25) is 9.59 Å². The van der Waals surface area contributed by atoms with Crippen LogP contribution in [-0.2, 0) is 11.3 Å². The van der Waals surface area contributed by atoms with Gasteiger partial charge in [0.1, 0.15) is 6.04 Å². The van der Waals surface area contributed by atoms with Gasteiger partial charge >= 0.3 is 5.97 Å². The Morgan fingerprint density at radius 2 is 1.92 bits per heavy atom. The fraction of sp³-hybridized carbons (Fsp3) is 0.278. The molecule has 2 amide bonds. The fourth-order valence-electron chi connectivity index (χ4n) is 2.27. The number of rotatable bonds is 7. The van der Waals surface area contributed by atoms with Crippen molar-refractivity contribution < 1.29 is 23.9 Å². The number of furan rings is 1. The SMILES string of the molecule is CC(C)C(NC(=O)c1ccco1)C(=O)NCc1cccc(C(=O)O)c1. The first-order chi connectivity index (χ1) is 11.9. The molecule has 0 bridgehead atoms. The van der Waals surface area contributed by atoms with E-state index in [1.807, 2.05) is 13.8 Å². The fourth-order valence-corrected chi connectivity index (χ4v) is 2.27. The first kappa shape index (κ1) is 18.3. The highest BCUT2D eigenvalue weighted by Crippen LogP contribution is 2.08. The molecule has 1 atom stereocenters. The van der Waals surface area contributed by atoms with Crippen LogP contribution in [0.2, 0.25) is 0 Å². The van der Waals surface area contributed by atoms with Crippen molar-refractivity contribution >= 4 is 17.8 Å². The average Bonchev–Trinajstić information content (AvgIpc) is 3.12. The van der Waals surface area contributed by atoms with Gasteiger partial charge in [0, 0.05) is 6.54 Å². The molecule has 0 aliphatic rings. The van der Waals surface area contributed by atoms with Gasteiger partial charge < -0.3 is 20.2 Å². The van der Waals surface area contributed by atoms with Gasteiger partial charge in [-0.05, 0) is 35.7 Å². The predicted molar refractivity (Wildman–Crippen MR) is 90.0 cm³/mol. The van der Waals surface area contributed by atoms with E-state index in [-0.39, 0.29) is 29.7 Å². The third kappa shape index (κ3) is 4.94. The van der Waals surface area contributed by atoms with Crippen LogP contribution >= 0.6 is 0 Å². The van der Waals surface area contributed by atoms with E-state index in [1.165, 1.54) is 24.5 Å². The monoisotopic (exact) mass is 344 g/mol. The van der Waals surface area contributed by atoms with Crippen molar-refractivity contribution in [3.05, 3.63) is 59.5 Å². The maximum Gasteiger partial charge on any atom is 0.335 e. The van der Waals surface area contributed by atoms with Crippen LogP contribution in [-0.4, -0.2) is 28.9 Å². The zero-order chi connectivity index (χ0) is 18.4. The topological polar surface area (TPSA) is 109 Å². The molecule has 0 fully saturated rings. The summed E-state index contributed by atoms with van der Waals surface area (Å²) >= 11 is 0. The third-order valence-corrected chi connectivity index (χ3v) is 3.62. The minimum absolute atomic E-state index is 0.132. The van der Waals surface area contributed by atoms with Crippen LogP contribution in [0.3, 0.4) is 0 Å². The second-order valence-electron chi connectivity index (χ2n) is 5.90. The molecule has 1 heterocycles. The highest BCUT2D eigenvalue weighted by Gasteiger charge is 2.25. The molecule has 0 spiro atoms. The predicted octanol–water partition coefficient (Wildman–Crippen LogP) is 2.05. The van der Waals surface area contributed by atoms with Gasteiger partial charge in [-0.1, -0.05) is 26.0 Å². The van der Waals surface area contributed by atoms with Gasteiger partial charge in [-0.2, -0.15) is 0 Å². The molecule has 7 heteroatoms. The number of nitrogens with one attached hydrogen (secondary N) is 2. The molecule has 0 aliphatic heterocycles. The molecule has 3 N–H and O–H groups in total. The molecule has 0 radical (unpaired) electrons. The molecule has 0 saturated carbocycles. The standard InChI is InChI=1S/C18H20N2O5/c1-11(2)15(20-16(21)14-7-4-8-25-14)17(22)19-10-12-5-3-6-13(9-12)18(23)24/h3-9,11,15H,10H2,1-2H3,(H,19,22)(H,20,21)(H,23,24). The summed E-state index contributed by atoms with van der Waals surface area (Å²) in [5.74, 6) is -1.85. The quantitative estimate of drug-likeness (QED) is 0.712. The third-order valence-electron chi connectivity index (χ3n) is 3.62. The van der Waals surface area contributed by atoms with Gasteiger partial charge in [0.05, 0.1) is 11.8 Å². The van der Waals surface area contributed by atoms with E-state index in [9.17, 15) is 14.4 Å². The molecular formula is C18H20N2O5. The normalized spacial score (nSPS) is 11.8. The van der Waals surface area contributed by atoms with Gasteiger partial charge in [-0.25, -0.2) is 4.79 Å². The lowest BCUT2D eigenvalue weighted by atomic mass is 10.0. The maximum absolute atomic E-state index is 12.4. The van der Waals surface area contributed by atoms with E-state index in [2.05, 4.69) is 10.6 Å². The van der Waals surface area contributed by atoms with E-state index in [0.29, 0.717) is 5.56 Å². The Hall–Kier alpha value is -3.09. The van der Waals surface area contributed by atoms with Crippen LogP contribution in [0.15, 0.2) is 47.1 Å².